The van der Waals surface area contributed by atoms with Gasteiger partial charge in [-0.1, -0.05) is 12.1 Å². The highest BCUT2D eigenvalue weighted by Gasteiger charge is 2.37. The molecule has 2 aliphatic heterocycles. The lowest BCUT2D eigenvalue weighted by molar-refractivity contribution is -0.132. The molecule has 0 aliphatic carbocycles. The minimum atomic E-state index is -0.873. The number of carbonyl (C=O) groups is 1. The van der Waals surface area contributed by atoms with Crippen LogP contribution in [0.1, 0.15) is 92.2 Å². The van der Waals surface area contributed by atoms with E-state index in [0.29, 0.717) is 62.5 Å². The number of H-pyrrole nitrogens is 1. The fourth-order valence-electron chi connectivity index (χ4n) is 6.07. The van der Waals surface area contributed by atoms with Gasteiger partial charge in [0.2, 0.25) is 5.91 Å². The van der Waals surface area contributed by atoms with Gasteiger partial charge in [0.25, 0.3) is 5.56 Å². The molecular weight excluding hydrogens is 518 g/mol. The Balaban J connectivity index is 1.36. The van der Waals surface area contributed by atoms with E-state index in [1.54, 1.807) is 13.2 Å². The topological polar surface area (TPSA) is 106 Å². The van der Waals surface area contributed by atoms with Crippen molar-refractivity contribution in [2.45, 2.75) is 82.8 Å². The number of ether oxygens (including phenoxy) is 1. The molecule has 0 spiro atoms. The summed E-state index contributed by atoms with van der Waals surface area (Å²) < 4.78 is 36.6. The monoisotopic (exact) mass is 554 g/mol. The number of benzene rings is 1. The molecule has 2 aromatic heterocycles. The van der Waals surface area contributed by atoms with Crippen LogP contribution in [0.4, 0.5) is 8.78 Å². The van der Waals surface area contributed by atoms with Crippen molar-refractivity contribution in [2.24, 2.45) is 0 Å². The third-order valence-electron chi connectivity index (χ3n) is 8.55. The zero-order valence-corrected chi connectivity index (χ0v) is 23.4. The van der Waals surface area contributed by atoms with Crippen LogP contribution in [0.5, 0.6) is 0 Å². The Morgan fingerprint density at radius 2 is 1.85 bits per heavy atom. The van der Waals surface area contributed by atoms with Crippen molar-refractivity contribution < 1.29 is 18.3 Å². The number of piperidine rings is 1. The molecule has 2 atom stereocenters. The molecule has 3 aromatic rings. The smallest absolute Gasteiger partial charge is 0.267 e. The van der Waals surface area contributed by atoms with Crippen LogP contribution in [0.3, 0.4) is 0 Å². The van der Waals surface area contributed by atoms with Crippen LogP contribution < -0.4 is 5.56 Å². The van der Waals surface area contributed by atoms with Gasteiger partial charge >= 0.3 is 0 Å². The highest BCUT2D eigenvalue weighted by atomic mass is 19.2. The van der Waals surface area contributed by atoms with Gasteiger partial charge in [0.15, 0.2) is 17.5 Å². The molecule has 1 amide bonds. The predicted molar refractivity (Wildman–Crippen MR) is 144 cm³/mol. The summed E-state index contributed by atoms with van der Waals surface area (Å²) in [5.74, 6) is -0.901. The van der Waals surface area contributed by atoms with E-state index < -0.39 is 17.2 Å². The molecule has 0 radical (unpaired) electrons. The fourth-order valence-corrected chi connectivity index (χ4v) is 6.07. The Labute approximate surface area is 232 Å². The number of rotatable bonds is 6. The SMILES string of the molecule is COC(C)(C)c1nnc2n1C[C@H](c1cccc(F)c1F)CC[C@H]2CC(=O)N1CCC(c2cc(C)n[nH]c2=O)CC1. The summed E-state index contributed by atoms with van der Waals surface area (Å²) in [6, 6.07) is 6.10. The van der Waals surface area contributed by atoms with E-state index in [9.17, 15) is 18.4 Å². The lowest BCUT2D eigenvalue weighted by Crippen LogP contribution is -2.39. The van der Waals surface area contributed by atoms with E-state index in [2.05, 4.69) is 20.4 Å². The number of likely N-dealkylation sites (tertiary alicyclic amines) is 1. The van der Waals surface area contributed by atoms with Crippen molar-refractivity contribution in [2.75, 3.05) is 20.2 Å². The number of carbonyl (C=O) groups excluding carboxylic acids is 1. The first kappa shape index (κ1) is 28.1. The van der Waals surface area contributed by atoms with E-state index in [0.717, 1.165) is 17.3 Å². The Kier molecular flexibility index (Phi) is 7.85. The molecule has 1 saturated heterocycles. The Morgan fingerprint density at radius 1 is 1.10 bits per heavy atom. The van der Waals surface area contributed by atoms with E-state index in [-0.39, 0.29) is 35.6 Å². The van der Waals surface area contributed by atoms with Gasteiger partial charge in [0.1, 0.15) is 11.4 Å². The Bertz CT molecular complexity index is 1440. The molecule has 9 nitrogen and oxygen atoms in total. The number of nitrogens with zero attached hydrogens (tertiary/aromatic N) is 5. The molecule has 0 saturated carbocycles. The molecule has 214 valence electrons. The molecule has 4 heterocycles. The molecule has 11 heteroatoms. The Hall–Kier alpha value is -3.47. The average molecular weight is 555 g/mol. The van der Waals surface area contributed by atoms with Crippen LogP contribution in [0.15, 0.2) is 29.1 Å². The van der Waals surface area contributed by atoms with Crippen LogP contribution >= 0.6 is 0 Å². The molecular formula is C29H36F2N6O3. The largest absolute Gasteiger partial charge is 0.371 e. The summed E-state index contributed by atoms with van der Waals surface area (Å²) in [6.45, 7) is 7.08. The molecule has 5 rings (SSSR count). The maximum Gasteiger partial charge on any atom is 0.267 e. The van der Waals surface area contributed by atoms with Gasteiger partial charge in [0.05, 0.1) is 5.69 Å². The molecule has 1 N–H and O–H groups in total. The van der Waals surface area contributed by atoms with Gasteiger partial charge < -0.3 is 14.2 Å². The predicted octanol–water partition coefficient (Wildman–Crippen LogP) is 4.29. The zero-order chi connectivity index (χ0) is 28.6. The Morgan fingerprint density at radius 3 is 2.58 bits per heavy atom. The fraction of sp³-hybridized carbons (Fsp3) is 0.552. The standard InChI is InChI=1S/C29H36F2N6O3/c1-17-14-22(27(39)34-32-17)18-10-12-36(13-11-18)24(38)15-19-8-9-20(21-6-5-7-23(30)25(21)31)16-37-26(19)33-35-28(37)29(2,3)40-4/h5-7,14,18-20H,8-13,15-16H2,1-4H3,(H,34,39)/t19-,20+/m0/s1. The first-order valence-electron chi connectivity index (χ1n) is 13.9. The lowest BCUT2D eigenvalue weighted by atomic mass is 9.88. The summed E-state index contributed by atoms with van der Waals surface area (Å²) >= 11 is 0. The maximum atomic E-state index is 14.8. The number of nitrogens with one attached hydrogen (secondary N) is 1. The number of aromatic amines is 1. The van der Waals surface area contributed by atoms with Gasteiger partial charge in [-0.3, -0.25) is 9.59 Å². The minimum Gasteiger partial charge on any atom is -0.371 e. The number of aryl methyl sites for hydroxylation is 1. The number of fused-ring (bicyclic) bond motifs is 1. The summed E-state index contributed by atoms with van der Waals surface area (Å²) in [5, 5.41) is 15.5. The van der Waals surface area contributed by atoms with E-state index >= 15 is 0 Å². The number of amides is 1. The number of methoxy groups -OCH3 is 1. The van der Waals surface area contributed by atoms with Crippen LogP contribution in [0, 0.1) is 18.6 Å². The third kappa shape index (κ3) is 5.43. The first-order chi connectivity index (χ1) is 19.1. The van der Waals surface area contributed by atoms with Gasteiger partial charge in [-0.05, 0) is 70.1 Å². The molecule has 2 aliphatic rings. The van der Waals surface area contributed by atoms with E-state index in [1.165, 1.54) is 6.07 Å². The summed E-state index contributed by atoms with van der Waals surface area (Å²) in [7, 11) is 1.59. The first-order valence-corrected chi connectivity index (χ1v) is 13.9. The van der Waals surface area contributed by atoms with E-state index in [4.69, 9.17) is 4.74 Å². The maximum absolute atomic E-state index is 14.8. The number of hydrogen-bond acceptors (Lipinski definition) is 6. The minimum absolute atomic E-state index is 0.0146. The second-order valence-corrected chi connectivity index (χ2v) is 11.5. The highest BCUT2D eigenvalue weighted by Crippen LogP contribution is 2.39. The molecule has 1 fully saturated rings. The van der Waals surface area contributed by atoms with Crippen molar-refractivity contribution in [3.63, 3.8) is 0 Å². The highest BCUT2D eigenvalue weighted by molar-refractivity contribution is 5.77. The van der Waals surface area contributed by atoms with E-state index in [1.807, 2.05) is 36.3 Å². The lowest BCUT2D eigenvalue weighted by Gasteiger charge is -2.32. The van der Waals surface area contributed by atoms with Crippen LogP contribution in [0.25, 0.3) is 0 Å². The van der Waals surface area contributed by atoms with Crippen molar-refractivity contribution >= 4 is 5.91 Å². The van der Waals surface area contributed by atoms with Crippen molar-refractivity contribution in [1.82, 2.24) is 29.9 Å². The molecule has 1 aromatic carbocycles. The summed E-state index contributed by atoms with van der Waals surface area (Å²) in [5.41, 5.74) is 0.863. The second-order valence-electron chi connectivity index (χ2n) is 11.5. The normalized spacial score (nSPS) is 20.3. The molecule has 0 unspecified atom stereocenters. The van der Waals surface area contributed by atoms with Crippen LogP contribution in [-0.2, 0) is 21.7 Å². The van der Waals surface area contributed by atoms with Crippen molar-refractivity contribution in [3.8, 4) is 0 Å². The number of hydrogen-bond donors (Lipinski definition) is 1. The summed E-state index contributed by atoms with van der Waals surface area (Å²) in [4.78, 5) is 27.7. The number of halogens is 2. The average Bonchev–Trinajstić information content (AvgIpc) is 3.29. The van der Waals surface area contributed by atoms with Gasteiger partial charge in [0, 0.05) is 50.6 Å². The van der Waals surface area contributed by atoms with Gasteiger partial charge in [-0.2, -0.15) is 5.10 Å². The third-order valence-corrected chi connectivity index (χ3v) is 8.55. The second kappa shape index (κ2) is 11.2. The quantitative estimate of drug-likeness (QED) is 0.488. The number of aromatic nitrogens is 5. The van der Waals surface area contributed by atoms with Crippen LogP contribution in [-0.4, -0.2) is 56.0 Å². The van der Waals surface area contributed by atoms with Crippen molar-refractivity contribution in [3.05, 3.63) is 74.7 Å². The van der Waals surface area contributed by atoms with Gasteiger partial charge in [-0.25, -0.2) is 13.9 Å². The molecule has 0 bridgehead atoms. The van der Waals surface area contributed by atoms with Crippen molar-refractivity contribution in [1.29, 1.82) is 0 Å². The van der Waals surface area contributed by atoms with Gasteiger partial charge in [-0.15, -0.1) is 10.2 Å². The molecule has 40 heavy (non-hydrogen) atoms. The summed E-state index contributed by atoms with van der Waals surface area (Å²) in [6.07, 6.45) is 2.79. The zero-order valence-electron chi connectivity index (χ0n) is 23.4. The van der Waals surface area contributed by atoms with Crippen LogP contribution in [0.2, 0.25) is 0 Å².